The molecule has 1 aromatic rings. The van der Waals surface area contributed by atoms with E-state index in [2.05, 4.69) is 16.4 Å². The van der Waals surface area contributed by atoms with Gasteiger partial charge < -0.3 is 15.0 Å². The van der Waals surface area contributed by atoms with Crippen molar-refractivity contribution >= 4 is 0 Å². The molecule has 0 fully saturated rings. The standard InChI is InChI=1S/C9H16N2O/c1-10-6-8(7-12-2)9-4-3-5-11-9/h3-5,8,10-11H,6-7H2,1-2H3. The van der Waals surface area contributed by atoms with Crippen LogP contribution in [0.15, 0.2) is 18.3 Å². The Bertz CT molecular complexity index is 190. The van der Waals surface area contributed by atoms with E-state index >= 15 is 0 Å². The highest BCUT2D eigenvalue weighted by Crippen LogP contribution is 2.12. The second kappa shape index (κ2) is 4.95. The number of aromatic nitrogens is 1. The molecular formula is C9H16N2O. The first-order valence-electron chi connectivity index (χ1n) is 4.15. The SMILES string of the molecule is CNCC(COC)c1ccc[nH]1. The summed E-state index contributed by atoms with van der Waals surface area (Å²) in [5.41, 5.74) is 1.23. The molecule has 12 heavy (non-hydrogen) atoms. The smallest absolute Gasteiger partial charge is 0.0557 e. The summed E-state index contributed by atoms with van der Waals surface area (Å²) >= 11 is 0. The summed E-state index contributed by atoms with van der Waals surface area (Å²) < 4.78 is 5.12. The Morgan fingerprint density at radius 2 is 2.50 bits per heavy atom. The fraction of sp³-hybridized carbons (Fsp3) is 0.556. The molecule has 0 spiro atoms. The second-order valence-corrected chi connectivity index (χ2v) is 2.84. The van der Waals surface area contributed by atoms with E-state index in [4.69, 9.17) is 4.74 Å². The minimum absolute atomic E-state index is 0.426. The lowest BCUT2D eigenvalue weighted by Gasteiger charge is -2.13. The molecule has 0 aliphatic carbocycles. The van der Waals surface area contributed by atoms with Crippen LogP contribution in [0.2, 0.25) is 0 Å². The Balaban J connectivity index is 2.53. The number of nitrogens with one attached hydrogen (secondary N) is 2. The molecular weight excluding hydrogens is 152 g/mol. The van der Waals surface area contributed by atoms with Crippen LogP contribution >= 0.6 is 0 Å². The Morgan fingerprint density at radius 1 is 1.67 bits per heavy atom. The molecule has 68 valence electrons. The number of hydrogen-bond donors (Lipinski definition) is 2. The van der Waals surface area contributed by atoms with Gasteiger partial charge in [-0.05, 0) is 19.2 Å². The molecule has 0 bridgehead atoms. The fourth-order valence-corrected chi connectivity index (χ4v) is 1.30. The van der Waals surface area contributed by atoms with Gasteiger partial charge in [0.2, 0.25) is 0 Å². The summed E-state index contributed by atoms with van der Waals surface area (Å²) in [5, 5.41) is 3.14. The average Bonchev–Trinajstić information content (AvgIpc) is 2.56. The van der Waals surface area contributed by atoms with Crippen molar-refractivity contribution in [3.05, 3.63) is 24.0 Å². The predicted molar refractivity (Wildman–Crippen MR) is 49.3 cm³/mol. The zero-order chi connectivity index (χ0) is 8.81. The Labute approximate surface area is 73.1 Å². The molecule has 0 saturated carbocycles. The van der Waals surface area contributed by atoms with Crippen molar-refractivity contribution in [1.82, 2.24) is 10.3 Å². The van der Waals surface area contributed by atoms with Crippen molar-refractivity contribution in [3.8, 4) is 0 Å². The maximum absolute atomic E-state index is 5.12. The lowest BCUT2D eigenvalue weighted by Crippen LogP contribution is -2.21. The normalized spacial score (nSPS) is 13.2. The monoisotopic (exact) mass is 168 g/mol. The van der Waals surface area contributed by atoms with E-state index in [1.54, 1.807) is 7.11 Å². The molecule has 1 unspecified atom stereocenters. The molecule has 0 amide bonds. The van der Waals surface area contributed by atoms with Gasteiger partial charge in [-0.25, -0.2) is 0 Å². The van der Waals surface area contributed by atoms with Crippen LogP contribution in [0.5, 0.6) is 0 Å². The molecule has 0 radical (unpaired) electrons. The average molecular weight is 168 g/mol. The van der Waals surface area contributed by atoms with E-state index in [-0.39, 0.29) is 0 Å². The van der Waals surface area contributed by atoms with E-state index in [0.717, 1.165) is 13.2 Å². The largest absolute Gasteiger partial charge is 0.384 e. The highest BCUT2D eigenvalue weighted by molar-refractivity contribution is 5.10. The summed E-state index contributed by atoms with van der Waals surface area (Å²) in [5.74, 6) is 0.426. The fourth-order valence-electron chi connectivity index (χ4n) is 1.30. The number of likely N-dealkylation sites (N-methyl/N-ethyl adjacent to an activating group) is 1. The van der Waals surface area contributed by atoms with Crippen LogP contribution in [0.1, 0.15) is 11.6 Å². The maximum atomic E-state index is 5.12. The van der Waals surface area contributed by atoms with Gasteiger partial charge >= 0.3 is 0 Å². The van der Waals surface area contributed by atoms with Crippen molar-refractivity contribution in [2.45, 2.75) is 5.92 Å². The zero-order valence-corrected chi connectivity index (χ0v) is 7.63. The van der Waals surface area contributed by atoms with Crippen LogP contribution < -0.4 is 5.32 Å². The number of hydrogen-bond acceptors (Lipinski definition) is 2. The first kappa shape index (κ1) is 9.29. The minimum Gasteiger partial charge on any atom is -0.384 e. The Kier molecular flexibility index (Phi) is 3.84. The van der Waals surface area contributed by atoms with Gasteiger partial charge in [0, 0.05) is 31.5 Å². The van der Waals surface area contributed by atoms with Gasteiger partial charge in [0.15, 0.2) is 0 Å². The molecule has 0 aliphatic rings. The molecule has 0 saturated heterocycles. The zero-order valence-electron chi connectivity index (χ0n) is 7.63. The molecule has 1 aromatic heterocycles. The number of methoxy groups -OCH3 is 1. The molecule has 3 nitrogen and oxygen atoms in total. The van der Waals surface area contributed by atoms with Crippen LogP contribution in [-0.4, -0.2) is 32.3 Å². The van der Waals surface area contributed by atoms with Crippen LogP contribution in [0, 0.1) is 0 Å². The number of ether oxygens (including phenoxy) is 1. The molecule has 3 heteroatoms. The van der Waals surface area contributed by atoms with Gasteiger partial charge in [-0.2, -0.15) is 0 Å². The van der Waals surface area contributed by atoms with E-state index in [9.17, 15) is 0 Å². The predicted octanol–water partition coefficient (Wildman–Crippen LogP) is 0.964. The quantitative estimate of drug-likeness (QED) is 0.687. The third kappa shape index (κ3) is 2.36. The molecule has 1 atom stereocenters. The number of H-pyrrole nitrogens is 1. The summed E-state index contributed by atoms with van der Waals surface area (Å²) in [6, 6.07) is 4.09. The molecule has 0 aliphatic heterocycles. The van der Waals surface area contributed by atoms with Crippen LogP contribution in [0.25, 0.3) is 0 Å². The summed E-state index contributed by atoms with van der Waals surface area (Å²) in [6.45, 7) is 1.69. The van der Waals surface area contributed by atoms with Crippen molar-refractivity contribution < 1.29 is 4.74 Å². The van der Waals surface area contributed by atoms with E-state index < -0.39 is 0 Å². The number of aromatic amines is 1. The van der Waals surface area contributed by atoms with Gasteiger partial charge in [-0.1, -0.05) is 0 Å². The van der Waals surface area contributed by atoms with E-state index in [0.29, 0.717) is 5.92 Å². The van der Waals surface area contributed by atoms with E-state index in [1.807, 2.05) is 19.3 Å². The maximum Gasteiger partial charge on any atom is 0.0557 e. The van der Waals surface area contributed by atoms with Gasteiger partial charge in [0.25, 0.3) is 0 Å². The highest BCUT2D eigenvalue weighted by Gasteiger charge is 2.09. The lowest BCUT2D eigenvalue weighted by molar-refractivity contribution is 0.177. The molecule has 0 aromatic carbocycles. The van der Waals surface area contributed by atoms with E-state index in [1.165, 1.54) is 5.69 Å². The van der Waals surface area contributed by atoms with Crippen molar-refractivity contribution in [2.24, 2.45) is 0 Å². The van der Waals surface area contributed by atoms with Gasteiger partial charge in [0.1, 0.15) is 0 Å². The van der Waals surface area contributed by atoms with Crippen LogP contribution in [0.4, 0.5) is 0 Å². The van der Waals surface area contributed by atoms with Crippen molar-refractivity contribution in [3.63, 3.8) is 0 Å². The van der Waals surface area contributed by atoms with Crippen molar-refractivity contribution in [1.29, 1.82) is 0 Å². The van der Waals surface area contributed by atoms with Gasteiger partial charge in [-0.15, -0.1) is 0 Å². The van der Waals surface area contributed by atoms with Gasteiger partial charge in [0.05, 0.1) is 6.61 Å². The second-order valence-electron chi connectivity index (χ2n) is 2.84. The lowest BCUT2D eigenvalue weighted by atomic mass is 10.1. The number of rotatable bonds is 5. The third-order valence-corrected chi connectivity index (χ3v) is 1.88. The summed E-state index contributed by atoms with van der Waals surface area (Å²) in [4.78, 5) is 3.19. The minimum atomic E-state index is 0.426. The molecule has 2 N–H and O–H groups in total. The summed E-state index contributed by atoms with van der Waals surface area (Å²) in [7, 11) is 3.68. The summed E-state index contributed by atoms with van der Waals surface area (Å²) in [6.07, 6.45) is 1.94. The Morgan fingerprint density at radius 3 is 3.00 bits per heavy atom. The van der Waals surface area contributed by atoms with Crippen LogP contribution in [0.3, 0.4) is 0 Å². The topological polar surface area (TPSA) is 37.0 Å². The molecule has 1 rings (SSSR count). The first-order valence-corrected chi connectivity index (χ1v) is 4.15. The third-order valence-electron chi connectivity index (χ3n) is 1.88. The Hall–Kier alpha value is -0.800. The highest BCUT2D eigenvalue weighted by atomic mass is 16.5. The van der Waals surface area contributed by atoms with Gasteiger partial charge in [-0.3, -0.25) is 0 Å². The first-order chi connectivity index (χ1) is 5.88. The van der Waals surface area contributed by atoms with Crippen molar-refractivity contribution in [2.75, 3.05) is 27.3 Å². The van der Waals surface area contributed by atoms with Crippen LogP contribution in [-0.2, 0) is 4.74 Å². The molecule has 1 heterocycles.